The van der Waals surface area contributed by atoms with Gasteiger partial charge in [-0.3, -0.25) is 17.3 Å². The molecule has 0 aliphatic rings. The fourth-order valence-electron chi connectivity index (χ4n) is 1.17. The lowest BCUT2D eigenvalue weighted by atomic mass is 10.1. The van der Waals surface area contributed by atoms with E-state index in [1.54, 1.807) is 0 Å². The zero-order valence-corrected chi connectivity index (χ0v) is 14.9. The molecule has 0 aromatic rings. The molecule has 0 aliphatic carbocycles. The number of hydrogen-bond donors (Lipinski definition) is 10. The number of rotatable bonds is 8. The fourth-order valence-corrected chi connectivity index (χ4v) is 1.17. The predicted molar refractivity (Wildman–Crippen MR) is 95.6 cm³/mol. The van der Waals surface area contributed by atoms with Gasteiger partial charge < -0.3 is 51.7 Å². The SMILES string of the molecule is NCCCCCCCCCN.OB(O)F.OB(O)F.OB(O)F.OB(O)F. The van der Waals surface area contributed by atoms with Crippen molar-refractivity contribution < 1.29 is 57.5 Å². The van der Waals surface area contributed by atoms with E-state index in [1.807, 2.05) is 0 Å². The number of nitrogens with two attached hydrogens (primary N) is 2. The largest absolute Gasteiger partial charge is 0.674 e. The summed E-state index contributed by atoms with van der Waals surface area (Å²) in [5.41, 5.74) is 10.7. The van der Waals surface area contributed by atoms with Crippen LogP contribution in [-0.4, -0.2) is 82.9 Å². The second-order valence-electron chi connectivity index (χ2n) is 4.29. The molecule has 27 heavy (non-hydrogen) atoms. The highest BCUT2D eigenvalue weighted by molar-refractivity contribution is 6.32. The first-order valence-corrected chi connectivity index (χ1v) is 7.75. The summed E-state index contributed by atoms with van der Waals surface area (Å²) in [5, 5.41) is 55.6. The standard InChI is InChI=1S/C9H22N2.4BFH2O2/c10-8-6-4-2-1-3-5-7-9-11;4*2-1(3)4/h1-11H2;4*3-4H. The molecule has 0 bridgehead atoms. The van der Waals surface area contributed by atoms with Gasteiger partial charge in [-0.2, -0.15) is 0 Å². The van der Waals surface area contributed by atoms with Crippen LogP contribution in [0.25, 0.3) is 0 Å². The number of halogens is 4. The van der Waals surface area contributed by atoms with Crippen molar-refractivity contribution in [3.63, 3.8) is 0 Å². The molecule has 0 fully saturated rings. The Morgan fingerprint density at radius 2 is 0.519 bits per heavy atom. The molecule has 0 saturated heterocycles. The molecule has 0 aromatic heterocycles. The van der Waals surface area contributed by atoms with Gasteiger partial charge >= 0.3 is 29.6 Å². The summed E-state index contributed by atoms with van der Waals surface area (Å²) < 4.78 is 40.4. The van der Waals surface area contributed by atoms with Crippen LogP contribution >= 0.6 is 0 Å². The zero-order chi connectivity index (χ0) is 22.7. The summed E-state index contributed by atoms with van der Waals surface area (Å²) >= 11 is 0. The van der Waals surface area contributed by atoms with E-state index in [4.69, 9.17) is 51.7 Å². The summed E-state index contributed by atoms with van der Waals surface area (Å²) in [5.74, 6) is 0. The first-order valence-electron chi connectivity index (χ1n) is 7.75. The van der Waals surface area contributed by atoms with Crippen molar-refractivity contribution in [3.8, 4) is 0 Å². The topological polar surface area (TPSA) is 214 Å². The fraction of sp³-hybridized carbons (Fsp3) is 1.00. The zero-order valence-electron chi connectivity index (χ0n) is 14.9. The molecular formula is C9H30B4F4N2O8. The summed E-state index contributed by atoms with van der Waals surface area (Å²) in [6, 6.07) is 0. The van der Waals surface area contributed by atoms with Crippen molar-refractivity contribution >= 4 is 29.6 Å². The Kier molecular flexibility index (Phi) is 50.5. The van der Waals surface area contributed by atoms with E-state index in [9.17, 15) is 17.3 Å². The first kappa shape index (κ1) is 37.3. The Hall–Kier alpha value is -0.420. The van der Waals surface area contributed by atoms with E-state index < -0.39 is 29.6 Å². The Labute approximate surface area is 157 Å². The van der Waals surface area contributed by atoms with E-state index in [1.165, 1.54) is 44.9 Å². The Morgan fingerprint density at radius 1 is 0.407 bits per heavy atom. The van der Waals surface area contributed by atoms with Crippen LogP contribution in [-0.2, 0) is 0 Å². The van der Waals surface area contributed by atoms with Gasteiger partial charge in [-0.1, -0.05) is 32.1 Å². The summed E-state index contributed by atoms with van der Waals surface area (Å²) in [4.78, 5) is 0. The van der Waals surface area contributed by atoms with Gasteiger partial charge in [-0.05, 0) is 25.9 Å². The van der Waals surface area contributed by atoms with Gasteiger partial charge in [0.25, 0.3) is 0 Å². The van der Waals surface area contributed by atoms with E-state index in [0.29, 0.717) is 0 Å². The molecule has 0 radical (unpaired) electrons. The van der Waals surface area contributed by atoms with Gasteiger partial charge in [0.15, 0.2) is 0 Å². The Balaban J connectivity index is -0.0000000841. The highest BCUT2D eigenvalue weighted by Crippen LogP contribution is 2.05. The molecular weight excluding hydrogens is 383 g/mol. The average Bonchev–Trinajstić information content (AvgIpc) is 2.44. The monoisotopic (exact) mass is 414 g/mol. The smallest absolute Gasteiger partial charge is 0.398 e. The lowest BCUT2D eigenvalue weighted by molar-refractivity contribution is 0.338. The lowest BCUT2D eigenvalue weighted by Crippen LogP contribution is -1.98. The molecule has 12 N–H and O–H groups in total. The maximum Gasteiger partial charge on any atom is 0.674 e. The molecule has 0 aromatic carbocycles. The van der Waals surface area contributed by atoms with Gasteiger partial charge in [-0.15, -0.1) is 0 Å². The second kappa shape index (κ2) is 36.5. The molecule has 0 atom stereocenters. The quantitative estimate of drug-likeness (QED) is 0.113. The minimum absolute atomic E-state index is 0.850. The number of hydrogen-bond acceptors (Lipinski definition) is 10. The van der Waals surface area contributed by atoms with Crippen molar-refractivity contribution in [2.75, 3.05) is 13.1 Å². The van der Waals surface area contributed by atoms with Gasteiger partial charge in [-0.25, -0.2) is 0 Å². The van der Waals surface area contributed by atoms with Crippen LogP contribution in [0.15, 0.2) is 0 Å². The van der Waals surface area contributed by atoms with E-state index in [2.05, 4.69) is 0 Å². The molecule has 0 amide bonds. The van der Waals surface area contributed by atoms with Gasteiger partial charge in [0.2, 0.25) is 0 Å². The van der Waals surface area contributed by atoms with Crippen molar-refractivity contribution in [2.24, 2.45) is 11.5 Å². The average molecular weight is 414 g/mol. The van der Waals surface area contributed by atoms with Crippen LogP contribution in [0, 0.1) is 0 Å². The summed E-state index contributed by atoms with van der Waals surface area (Å²) in [6.07, 6.45) is 9.05. The molecule has 164 valence electrons. The molecule has 0 saturated carbocycles. The molecule has 0 spiro atoms. The maximum absolute atomic E-state index is 10.1. The van der Waals surface area contributed by atoms with E-state index >= 15 is 0 Å². The van der Waals surface area contributed by atoms with Crippen LogP contribution in [0.4, 0.5) is 17.3 Å². The van der Waals surface area contributed by atoms with Crippen LogP contribution in [0.1, 0.15) is 44.9 Å². The van der Waals surface area contributed by atoms with Crippen LogP contribution in [0.5, 0.6) is 0 Å². The van der Waals surface area contributed by atoms with Crippen molar-refractivity contribution in [1.29, 1.82) is 0 Å². The molecule has 0 aliphatic heterocycles. The van der Waals surface area contributed by atoms with Crippen LogP contribution in [0.3, 0.4) is 0 Å². The third-order valence-corrected chi connectivity index (χ3v) is 1.91. The Morgan fingerprint density at radius 3 is 0.630 bits per heavy atom. The minimum Gasteiger partial charge on any atom is -0.398 e. The Bertz CT molecular complexity index is 191. The van der Waals surface area contributed by atoms with Crippen LogP contribution < -0.4 is 11.5 Å². The second-order valence-corrected chi connectivity index (χ2v) is 4.29. The molecule has 0 heterocycles. The predicted octanol–water partition coefficient (Wildman–Crippen LogP) is -2.66. The van der Waals surface area contributed by atoms with Crippen molar-refractivity contribution in [1.82, 2.24) is 0 Å². The van der Waals surface area contributed by atoms with Gasteiger partial charge in [0, 0.05) is 0 Å². The van der Waals surface area contributed by atoms with Crippen molar-refractivity contribution in [3.05, 3.63) is 0 Å². The first-order chi connectivity index (χ1) is 12.3. The maximum atomic E-state index is 10.1. The summed E-state index contributed by atoms with van der Waals surface area (Å²) in [7, 11) is -10.7. The van der Waals surface area contributed by atoms with E-state index in [0.717, 1.165) is 13.1 Å². The normalized spacial score (nSPS) is 8.22. The van der Waals surface area contributed by atoms with Crippen molar-refractivity contribution in [2.45, 2.75) is 44.9 Å². The third-order valence-electron chi connectivity index (χ3n) is 1.91. The highest BCUT2D eigenvalue weighted by atomic mass is 19.1. The summed E-state index contributed by atoms with van der Waals surface area (Å²) in [6.45, 7) is 1.70. The van der Waals surface area contributed by atoms with E-state index in [-0.39, 0.29) is 0 Å². The van der Waals surface area contributed by atoms with Gasteiger partial charge in [0.05, 0.1) is 0 Å². The number of unbranched alkanes of at least 4 members (excludes halogenated alkanes) is 6. The molecule has 0 rings (SSSR count). The molecule has 0 unspecified atom stereocenters. The molecule has 10 nitrogen and oxygen atoms in total. The third kappa shape index (κ3) is 248. The minimum atomic E-state index is -2.67. The lowest BCUT2D eigenvalue weighted by Gasteiger charge is -1.99. The van der Waals surface area contributed by atoms with Gasteiger partial charge in [0.1, 0.15) is 0 Å². The highest BCUT2D eigenvalue weighted by Gasteiger charge is 1.98. The molecule has 18 heteroatoms. The van der Waals surface area contributed by atoms with Crippen LogP contribution in [0.2, 0.25) is 0 Å².